The van der Waals surface area contributed by atoms with Gasteiger partial charge in [-0.15, -0.1) is 24.0 Å². The molecule has 0 fully saturated rings. The number of rotatable bonds is 1. The minimum atomic E-state index is 0. The molecule has 0 radical (unpaired) electrons. The van der Waals surface area contributed by atoms with E-state index in [9.17, 15) is 0 Å². The van der Waals surface area contributed by atoms with Crippen LogP contribution in [0.15, 0.2) is 22.9 Å². The van der Waals surface area contributed by atoms with Gasteiger partial charge in [0.1, 0.15) is 0 Å². The Bertz CT molecular complexity index is 205. The fourth-order valence-electron chi connectivity index (χ4n) is 0.529. The van der Waals surface area contributed by atoms with Crippen LogP contribution < -0.4 is 0 Å². The van der Waals surface area contributed by atoms with Crippen molar-refractivity contribution in [2.45, 2.75) is 5.88 Å². The monoisotopic (exact) mass is 241 g/mol. The molecule has 0 bridgehead atoms. The van der Waals surface area contributed by atoms with Crippen molar-refractivity contribution in [3.8, 4) is 0 Å². The molecule has 1 nitrogen and oxygen atoms in total. The molecule has 4 heteroatoms. The van der Waals surface area contributed by atoms with Crippen LogP contribution in [0.25, 0.3) is 0 Å². The van der Waals surface area contributed by atoms with Crippen molar-refractivity contribution in [3.05, 3.63) is 28.5 Å². The van der Waals surface area contributed by atoms with E-state index < -0.39 is 0 Å². The molecule has 56 valence electrons. The number of hydrogen-bond donors (Lipinski definition) is 0. The van der Waals surface area contributed by atoms with Crippen LogP contribution in [0, 0.1) is 0 Å². The Labute approximate surface area is 79.3 Å². The zero-order chi connectivity index (χ0) is 6.69. The van der Waals surface area contributed by atoms with Crippen LogP contribution in [-0.2, 0) is 5.88 Å². The summed E-state index contributed by atoms with van der Waals surface area (Å²) in [6.07, 6.45) is 3.48. The first-order valence-corrected chi connectivity index (χ1v) is 3.81. The molecule has 0 atom stereocenters. The summed E-state index contributed by atoms with van der Waals surface area (Å²) in [5.41, 5.74) is 1.03. The van der Waals surface area contributed by atoms with E-state index in [0.717, 1.165) is 10.0 Å². The summed E-state index contributed by atoms with van der Waals surface area (Å²) >= 11 is 8.82. The Morgan fingerprint density at radius 1 is 1.50 bits per heavy atom. The molecule has 0 aliphatic heterocycles. The van der Waals surface area contributed by atoms with Crippen molar-refractivity contribution in [1.29, 1.82) is 0 Å². The van der Waals surface area contributed by atoms with Gasteiger partial charge < -0.3 is 0 Å². The molecule has 10 heavy (non-hydrogen) atoms. The van der Waals surface area contributed by atoms with Crippen LogP contribution in [0.1, 0.15) is 5.56 Å². The van der Waals surface area contributed by atoms with Gasteiger partial charge in [-0.05, 0) is 27.6 Å². The number of pyridine rings is 1. The first-order valence-electron chi connectivity index (χ1n) is 2.48. The summed E-state index contributed by atoms with van der Waals surface area (Å²) in [4.78, 5) is 3.92. The van der Waals surface area contributed by atoms with E-state index in [4.69, 9.17) is 11.6 Å². The van der Waals surface area contributed by atoms with Gasteiger partial charge in [-0.25, -0.2) is 0 Å². The molecule has 0 N–H and O–H groups in total. The topological polar surface area (TPSA) is 12.9 Å². The molecule has 0 aromatic carbocycles. The van der Waals surface area contributed by atoms with Crippen molar-refractivity contribution < 1.29 is 0 Å². The van der Waals surface area contributed by atoms with Crippen LogP contribution >= 0.6 is 39.9 Å². The van der Waals surface area contributed by atoms with Crippen molar-refractivity contribution in [2.75, 3.05) is 0 Å². The van der Waals surface area contributed by atoms with E-state index in [0.29, 0.717) is 5.88 Å². The second kappa shape index (κ2) is 4.94. The van der Waals surface area contributed by atoms with Crippen LogP contribution in [0.4, 0.5) is 0 Å². The summed E-state index contributed by atoms with van der Waals surface area (Å²) in [6.45, 7) is 0. The number of nitrogens with zero attached hydrogens (tertiary/aromatic N) is 1. The van der Waals surface area contributed by atoms with Crippen LogP contribution in [0.3, 0.4) is 0 Å². The highest BCUT2D eigenvalue weighted by Gasteiger charge is 1.89. The second-order valence-corrected chi connectivity index (χ2v) is 2.83. The SMILES string of the molecule is Cl.ClCc1cncc(Br)c1. The summed E-state index contributed by atoms with van der Waals surface area (Å²) in [6, 6.07) is 1.94. The molecule has 0 aliphatic carbocycles. The molecule has 1 heterocycles. The Balaban J connectivity index is 0.000000810. The number of halogens is 3. The van der Waals surface area contributed by atoms with Crippen molar-refractivity contribution in [2.24, 2.45) is 0 Å². The van der Waals surface area contributed by atoms with Gasteiger partial charge >= 0.3 is 0 Å². The van der Waals surface area contributed by atoms with Gasteiger partial charge in [0.15, 0.2) is 0 Å². The summed E-state index contributed by atoms with van der Waals surface area (Å²) in [7, 11) is 0. The molecule has 1 rings (SSSR count). The van der Waals surface area contributed by atoms with Crippen molar-refractivity contribution in [1.82, 2.24) is 4.98 Å². The van der Waals surface area contributed by atoms with E-state index in [1.807, 2.05) is 6.07 Å². The third-order valence-corrected chi connectivity index (χ3v) is 1.66. The van der Waals surface area contributed by atoms with Crippen LogP contribution in [0.5, 0.6) is 0 Å². The Hall–Kier alpha value is 0.210. The average molecular weight is 243 g/mol. The lowest BCUT2D eigenvalue weighted by Gasteiger charge is -1.92. The second-order valence-electron chi connectivity index (χ2n) is 1.65. The van der Waals surface area contributed by atoms with Crippen molar-refractivity contribution >= 4 is 39.9 Å². The molecule has 0 saturated carbocycles. The van der Waals surface area contributed by atoms with Crippen molar-refractivity contribution in [3.63, 3.8) is 0 Å². The highest BCUT2D eigenvalue weighted by Crippen LogP contribution is 2.10. The van der Waals surface area contributed by atoms with E-state index in [-0.39, 0.29) is 12.4 Å². The number of aromatic nitrogens is 1. The van der Waals surface area contributed by atoms with Gasteiger partial charge in [-0.3, -0.25) is 4.98 Å². The predicted octanol–water partition coefficient (Wildman–Crippen LogP) is 3.00. The molecule has 1 aromatic rings. The molecular formula is C6H6BrCl2N. The molecular weight excluding hydrogens is 237 g/mol. The quantitative estimate of drug-likeness (QED) is 0.690. The highest BCUT2D eigenvalue weighted by molar-refractivity contribution is 9.10. The smallest absolute Gasteiger partial charge is 0.0489 e. The van der Waals surface area contributed by atoms with Gasteiger partial charge in [0, 0.05) is 22.7 Å². The zero-order valence-electron chi connectivity index (χ0n) is 5.05. The number of hydrogen-bond acceptors (Lipinski definition) is 1. The van der Waals surface area contributed by atoms with Gasteiger partial charge in [-0.1, -0.05) is 0 Å². The normalized spacial score (nSPS) is 8.60. The van der Waals surface area contributed by atoms with Gasteiger partial charge in [0.2, 0.25) is 0 Å². The summed E-state index contributed by atoms with van der Waals surface area (Å²) in [5.74, 6) is 0.520. The lowest BCUT2D eigenvalue weighted by atomic mass is 10.3. The molecule has 0 aliphatic rings. The van der Waals surface area contributed by atoms with E-state index in [2.05, 4.69) is 20.9 Å². The molecule has 0 amide bonds. The Morgan fingerprint density at radius 3 is 2.60 bits per heavy atom. The molecule has 0 spiro atoms. The largest absolute Gasteiger partial charge is 0.263 e. The van der Waals surface area contributed by atoms with Crippen LogP contribution in [-0.4, -0.2) is 4.98 Å². The maximum Gasteiger partial charge on any atom is 0.0489 e. The minimum absolute atomic E-state index is 0. The summed E-state index contributed by atoms with van der Waals surface area (Å²) in [5, 5.41) is 0. The van der Waals surface area contributed by atoms with Crippen LogP contribution in [0.2, 0.25) is 0 Å². The zero-order valence-corrected chi connectivity index (χ0v) is 8.21. The standard InChI is InChI=1S/C6H5BrClN.ClH/c7-6-1-5(2-8)3-9-4-6;/h1,3-4H,2H2;1H. The number of alkyl halides is 1. The highest BCUT2D eigenvalue weighted by atomic mass is 79.9. The maximum absolute atomic E-state index is 5.54. The van der Waals surface area contributed by atoms with E-state index >= 15 is 0 Å². The predicted molar refractivity (Wildman–Crippen MR) is 48.7 cm³/mol. The lowest BCUT2D eigenvalue weighted by Crippen LogP contribution is -1.78. The van der Waals surface area contributed by atoms with E-state index in [1.54, 1.807) is 12.4 Å². The third kappa shape index (κ3) is 2.86. The minimum Gasteiger partial charge on any atom is -0.263 e. The third-order valence-electron chi connectivity index (χ3n) is 0.916. The average Bonchev–Trinajstić information content (AvgIpc) is 1.88. The molecule has 0 unspecified atom stereocenters. The first kappa shape index (κ1) is 10.2. The Morgan fingerprint density at radius 2 is 2.20 bits per heavy atom. The van der Waals surface area contributed by atoms with Gasteiger partial charge in [-0.2, -0.15) is 0 Å². The lowest BCUT2D eigenvalue weighted by molar-refractivity contribution is 1.23. The maximum atomic E-state index is 5.54. The van der Waals surface area contributed by atoms with E-state index in [1.165, 1.54) is 0 Å². The molecule has 1 aromatic heterocycles. The fraction of sp³-hybridized carbons (Fsp3) is 0.167. The van der Waals surface area contributed by atoms with Gasteiger partial charge in [0.25, 0.3) is 0 Å². The fourth-order valence-corrected chi connectivity index (χ4v) is 1.09. The summed E-state index contributed by atoms with van der Waals surface area (Å²) < 4.78 is 0.973. The first-order chi connectivity index (χ1) is 4.33. The van der Waals surface area contributed by atoms with Gasteiger partial charge in [0.05, 0.1) is 0 Å². The molecule has 0 saturated heterocycles. The Kier molecular flexibility index (Phi) is 5.04.